The van der Waals surface area contributed by atoms with E-state index in [2.05, 4.69) is 31.0 Å². The Morgan fingerprint density at radius 2 is 1.77 bits per heavy atom. The third kappa shape index (κ3) is 2.66. The molecule has 1 heterocycles. The largest absolute Gasteiger partial charge is 0.159 e. The van der Waals surface area contributed by atoms with Gasteiger partial charge in [0.05, 0.1) is 11.9 Å². The predicted molar refractivity (Wildman–Crippen MR) is 57.4 cm³/mol. The highest BCUT2D eigenvalue weighted by atomic mass is 35.5. The van der Waals surface area contributed by atoms with E-state index in [9.17, 15) is 0 Å². The van der Waals surface area contributed by atoms with Gasteiger partial charge in [0.1, 0.15) is 0 Å². The summed E-state index contributed by atoms with van der Waals surface area (Å²) in [6, 6.07) is 0. The molecule has 0 aliphatic carbocycles. The van der Waals surface area contributed by atoms with E-state index in [1.165, 1.54) is 11.1 Å². The van der Waals surface area contributed by atoms with E-state index in [1.54, 1.807) is 0 Å². The molecule has 0 aliphatic heterocycles. The van der Waals surface area contributed by atoms with Gasteiger partial charge >= 0.3 is 0 Å². The molecule has 0 saturated carbocycles. The van der Waals surface area contributed by atoms with Gasteiger partial charge in [-0.1, -0.05) is 20.8 Å². The topological polar surface area (TPSA) is 25.8 Å². The third-order valence-electron chi connectivity index (χ3n) is 2.20. The molecule has 2 nitrogen and oxygen atoms in total. The van der Waals surface area contributed by atoms with Crippen LogP contribution in [0.2, 0.25) is 0 Å². The summed E-state index contributed by atoms with van der Waals surface area (Å²) in [4.78, 5) is 0. The first-order valence-electron chi connectivity index (χ1n) is 4.65. The lowest BCUT2D eigenvalue weighted by atomic mass is 10.0. The Bertz CT molecular complexity index is 239. The minimum absolute atomic E-state index is 0. The smallest absolute Gasteiger partial charge is 0.0662 e. The van der Waals surface area contributed by atoms with Gasteiger partial charge in [0.2, 0.25) is 0 Å². The van der Waals surface area contributed by atoms with E-state index in [4.69, 9.17) is 0 Å². The molecule has 0 radical (unpaired) electrons. The van der Waals surface area contributed by atoms with Crippen LogP contribution in [0.1, 0.15) is 37.6 Å². The fourth-order valence-corrected chi connectivity index (χ4v) is 1.51. The van der Waals surface area contributed by atoms with Crippen molar-refractivity contribution in [3.8, 4) is 0 Å². The minimum atomic E-state index is 0. The summed E-state index contributed by atoms with van der Waals surface area (Å²) in [5.41, 5.74) is 3.91. The Kier molecular flexibility index (Phi) is 5.63. The lowest BCUT2D eigenvalue weighted by Gasteiger charge is -2.07. The van der Waals surface area contributed by atoms with Crippen molar-refractivity contribution >= 4 is 12.4 Å². The van der Waals surface area contributed by atoms with E-state index >= 15 is 0 Å². The molecular formula is C10H17ClN2. The molecule has 0 aliphatic rings. The Morgan fingerprint density at radius 3 is 2.23 bits per heavy atom. The van der Waals surface area contributed by atoms with Gasteiger partial charge in [-0.2, -0.15) is 10.2 Å². The van der Waals surface area contributed by atoms with Gasteiger partial charge in [-0.05, 0) is 30.4 Å². The second-order valence-corrected chi connectivity index (χ2v) is 2.86. The van der Waals surface area contributed by atoms with Crippen molar-refractivity contribution in [1.82, 2.24) is 10.2 Å². The lowest BCUT2D eigenvalue weighted by Crippen LogP contribution is -2.02. The maximum absolute atomic E-state index is 4.13. The van der Waals surface area contributed by atoms with Crippen molar-refractivity contribution in [2.45, 2.75) is 40.0 Å². The van der Waals surface area contributed by atoms with Crippen LogP contribution < -0.4 is 0 Å². The van der Waals surface area contributed by atoms with Crippen molar-refractivity contribution in [3.05, 3.63) is 23.0 Å². The summed E-state index contributed by atoms with van der Waals surface area (Å²) in [5, 5.41) is 8.11. The summed E-state index contributed by atoms with van der Waals surface area (Å²) < 4.78 is 0. The molecule has 0 atom stereocenters. The van der Waals surface area contributed by atoms with E-state index in [0.717, 1.165) is 25.0 Å². The zero-order valence-electron chi connectivity index (χ0n) is 8.50. The highest BCUT2D eigenvalue weighted by molar-refractivity contribution is 5.85. The van der Waals surface area contributed by atoms with Gasteiger partial charge in [0.25, 0.3) is 0 Å². The van der Waals surface area contributed by atoms with Crippen LogP contribution in [0, 0.1) is 0 Å². The van der Waals surface area contributed by atoms with Gasteiger partial charge in [0, 0.05) is 0 Å². The molecule has 0 unspecified atom stereocenters. The van der Waals surface area contributed by atoms with Crippen LogP contribution in [0.25, 0.3) is 0 Å². The number of nitrogens with zero attached hydrogens (tertiary/aromatic N) is 2. The standard InChI is InChI=1S/C10H16N2.ClH/c1-4-8-7-11-12-10(6-3)9(8)5-2;/h7H,4-6H2,1-3H3;1H. The maximum atomic E-state index is 4.13. The van der Waals surface area contributed by atoms with Gasteiger partial charge in [-0.3, -0.25) is 0 Å². The molecule has 1 rings (SSSR count). The van der Waals surface area contributed by atoms with Crippen LogP contribution in [-0.2, 0) is 19.3 Å². The Hall–Kier alpha value is -0.630. The fourth-order valence-electron chi connectivity index (χ4n) is 1.51. The van der Waals surface area contributed by atoms with Crippen LogP contribution in [0.3, 0.4) is 0 Å². The quantitative estimate of drug-likeness (QED) is 0.750. The summed E-state index contributed by atoms with van der Waals surface area (Å²) in [7, 11) is 0. The molecule has 0 spiro atoms. The third-order valence-corrected chi connectivity index (χ3v) is 2.20. The first-order valence-corrected chi connectivity index (χ1v) is 4.65. The molecule has 0 saturated heterocycles. The zero-order chi connectivity index (χ0) is 8.97. The molecule has 0 N–H and O–H groups in total. The number of hydrogen-bond donors (Lipinski definition) is 0. The molecular weight excluding hydrogens is 184 g/mol. The maximum Gasteiger partial charge on any atom is 0.0662 e. The number of aromatic nitrogens is 2. The Labute approximate surface area is 86.2 Å². The Morgan fingerprint density at radius 1 is 1.08 bits per heavy atom. The predicted octanol–water partition coefficient (Wildman–Crippen LogP) is 2.59. The van der Waals surface area contributed by atoms with Crippen LogP contribution in [0.15, 0.2) is 6.20 Å². The average molecular weight is 201 g/mol. The molecule has 13 heavy (non-hydrogen) atoms. The number of rotatable bonds is 3. The first kappa shape index (κ1) is 12.4. The highest BCUT2D eigenvalue weighted by Crippen LogP contribution is 2.12. The zero-order valence-corrected chi connectivity index (χ0v) is 9.32. The molecule has 0 amide bonds. The van der Waals surface area contributed by atoms with Crippen molar-refractivity contribution in [3.63, 3.8) is 0 Å². The first-order chi connectivity index (χ1) is 5.83. The van der Waals surface area contributed by atoms with Crippen molar-refractivity contribution in [2.24, 2.45) is 0 Å². The fraction of sp³-hybridized carbons (Fsp3) is 0.600. The molecule has 0 fully saturated rings. The monoisotopic (exact) mass is 200 g/mol. The molecule has 3 heteroatoms. The van der Waals surface area contributed by atoms with Crippen molar-refractivity contribution < 1.29 is 0 Å². The molecule has 74 valence electrons. The van der Waals surface area contributed by atoms with Crippen LogP contribution in [0.4, 0.5) is 0 Å². The second-order valence-electron chi connectivity index (χ2n) is 2.86. The summed E-state index contributed by atoms with van der Waals surface area (Å²) in [6.45, 7) is 6.47. The van der Waals surface area contributed by atoms with E-state index in [0.29, 0.717) is 0 Å². The highest BCUT2D eigenvalue weighted by Gasteiger charge is 2.05. The SMILES string of the molecule is CCc1cnnc(CC)c1CC.Cl. The summed E-state index contributed by atoms with van der Waals surface area (Å²) in [5.74, 6) is 0. The molecule has 0 bridgehead atoms. The van der Waals surface area contributed by atoms with Crippen molar-refractivity contribution in [1.29, 1.82) is 0 Å². The van der Waals surface area contributed by atoms with Crippen LogP contribution in [0.5, 0.6) is 0 Å². The minimum Gasteiger partial charge on any atom is -0.159 e. The molecule has 1 aromatic heterocycles. The van der Waals surface area contributed by atoms with Gasteiger partial charge < -0.3 is 0 Å². The van der Waals surface area contributed by atoms with Crippen LogP contribution in [-0.4, -0.2) is 10.2 Å². The van der Waals surface area contributed by atoms with E-state index in [1.807, 2.05) is 6.20 Å². The molecule has 1 aromatic rings. The number of halogens is 1. The van der Waals surface area contributed by atoms with Crippen LogP contribution >= 0.6 is 12.4 Å². The van der Waals surface area contributed by atoms with Gasteiger partial charge in [0.15, 0.2) is 0 Å². The lowest BCUT2D eigenvalue weighted by molar-refractivity contribution is 0.848. The average Bonchev–Trinajstić information content (AvgIpc) is 2.16. The number of hydrogen-bond acceptors (Lipinski definition) is 2. The number of aryl methyl sites for hydroxylation is 2. The Balaban J connectivity index is 0.00000144. The summed E-state index contributed by atoms with van der Waals surface area (Å²) in [6.07, 6.45) is 5.01. The second kappa shape index (κ2) is 5.92. The van der Waals surface area contributed by atoms with E-state index < -0.39 is 0 Å². The molecule has 0 aromatic carbocycles. The van der Waals surface area contributed by atoms with Crippen molar-refractivity contribution in [2.75, 3.05) is 0 Å². The summed E-state index contributed by atoms with van der Waals surface area (Å²) >= 11 is 0. The van der Waals surface area contributed by atoms with Gasteiger partial charge in [-0.25, -0.2) is 0 Å². The van der Waals surface area contributed by atoms with Gasteiger partial charge in [-0.15, -0.1) is 12.4 Å². The normalized spacial score (nSPS) is 9.46. The van der Waals surface area contributed by atoms with E-state index in [-0.39, 0.29) is 12.4 Å².